The van der Waals surface area contributed by atoms with Gasteiger partial charge in [0.25, 0.3) is 0 Å². The van der Waals surface area contributed by atoms with Crippen LogP contribution in [0.2, 0.25) is 0 Å². The number of hydrogen-bond acceptors (Lipinski definition) is 4. The van der Waals surface area contributed by atoms with E-state index in [1.807, 2.05) is 12.9 Å². The molecule has 0 amide bonds. The van der Waals surface area contributed by atoms with E-state index in [9.17, 15) is 0 Å². The van der Waals surface area contributed by atoms with Crippen LogP contribution in [0.3, 0.4) is 0 Å². The maximum atomic E-state index is 8.00. The fraction of sp³-hybridized carbons (Fsp3) is 0.200. The first-order valence-corrected chi connectivity index (χ1v) is 8.08. The lowest BCUT2D eigenvalue weighted by molar-refractivity contribution is -0.0979. The zero-order chi connectivity index (χ0) is 18.2. The molecule has 1 aliphatic carbocycles. The average Bonchev–Trinajstić information content (AvgIpc) is 3.11. The molecule has 0 aliphatic heterocycles. The summed E-state index contributed by atoms with van der Waals surface area (Å²) in [4.78, 5) is 8.00. The predicted molar refractivity (Wildman–Crippen MR) is 99.5 cm³/mol. The number of aromatic amines is 1. The minimum Gasteiger partial charge on any atom is -0.317 e. The number of hydrogen-bond donors (Lipinski definition) is 3. The van der Waals surface area contributed by atoms with Crippen LogP contribution >= 0.6 is 0 Å². The quantitative estimate of drug-likeness (QED) is 0.590. The normalized spacial score (nSPS) is 14.1. The number of rotatable bonds is 1. The van der Waals surface area contributed by atoms with Crippen molar-refractivity contribution in [2.75, 3.05) is 7.05 Å². The molecule has 25 heavy (non-hydrogen) atoms. The zero-order valence-corrected chi connectivity index (χ0v) is 14.5. The van der Waals surface area contributed by atoms with Gasteiger partial charge >= 0.3 is 0 Å². The number of aromatic nitrogens is 2. The Morgan fingerprint density at radius 1 is 1.12 bits per heavy atom. The average molecular weight is 337 g/mol. The van der Waals surface area contributed by atoms with Crippen molar-refractivity contribution in [3.8, 4) is 22.5 Å². The van der Waals surface area contributed by atoms with Crippen molar-refractivity contribution in [3.63, 3.8) is 0 Å². The maximum absolute atomic E-state index is 8.00. The molecule has 0 bridgehead atoms. The van der Waals surface area contributed by atoms with E-state index < -0.39 is 0 Å². The Kier molecular flexibility index (Phi) is 6.62. The van der Waals surface area contributed by atoms with Crippen LogP contribution in [0.5, 0.6) is 0 Å². The molecule has 3 N–H and O–H groups in total. The number of benzene rings is 2. The van der Waals surface area contributed by atoms with E-state index in [-0.39, 0.29) is 0 Å². The van der Waals surface area contributed by atoms with Gasteiger partial charge in [0, 0.05) is 23.7 Å². The summed E-state index contributed by atoms with van der Waals surface area (Å²) >= 11 is 0. The Bertz CT molecular complexity index is 786. The molecule has 0 fully saturated rings. The molecule has 1 unspecified atom stereocenters. The predicted octanol–water partition coefficient (Wildman–Crippen LogP) is 3.81. The third-order valence-electron chi connectivity index (χ3n) is 4.16. The van der Waals surface area contributed by atoms with Crippen molar-refractivity contribution < 1.29 is 10.0 Å². The van der Waals surface area contributed by atoms with Gasteiger partial charge in [0.2, 0.25) is 0 Å². The van der Waals surface area contributed by atoms with E-state index in [1.165, 1.54) is 35.0 Å². The van der Waals surface area contributed by atoms with Gasteiger partial charge in [-0.3, -0.25) is 5.10 Å². The Balaban J connectivity index is 0.000000410. The Morgan fingerprint density at radius 3 is 2.40 bits per heavy atom. The number of nitrogens with zero attached hydrogens (tertiary/aromatic N) is 1. The van der Waals surface area contributed by atoms with Crippen LogP contribution in [0.25, 0.3) is 22.5 Å². The van der Waals surface area contributed by atoms with Gasteiger partial charge in [-0.1, -0.05) is 61.5 Å². The Morgan fingerprint density at radius 2 is 1.72 bits per heavy atom. The largest absolute Gasteiger partial charge is 0.317 e. The lowest BCUT2D eigenvalue weighted by Gasteiger charge is -2.22. The zero-order valence-electron chi connectivity index (χ0n) is 14.5. The van der Waals surface area contributed by atoms with Gasteiger partial charge in [-0.25, -0.2) is 5.48 Å². The van der Waals surface area contributed by atoms with Crippen molar-refractivity contribution in [1.82, 2.24) is 15.7 Å². The van der Waals surface area contributed by atoms with Crippen LogP contribution in [0, 0.1) is 0 Å². The van der Waals surface area contributed by atoms with E-state index in [4.69, 9.17) is 10.0 Å². The topological polar surface area (TPSA) is 78.0 Å². The van der Waals surface area contributed by atoms with Crippen molar-refractivity contribution >= 4 is 6.79 Å². The number of carbonyl (C=O) groups is 1. The highest BCUT2D eigenvalue weighted by atomic mass is 16.5. The van der Waals surface area contributed by atoms with Gasteiger partial charge in [0.05, 0.1) is 11.4 Å². The number of hydroxylamine groups is 1. The lowest BCUT2D eigenvalue weighted by atomic mass is 9.81. The molecular weight excluding hydrogens is 314 g/mol. The molecule has 0 saturated carbocycles. The highest BCUT2D eigenvalue weighted by Crippen LogP contribution is 2.42. The molecule has 0 radical (unpaired) electrons. The third-order valence-corrected chi connectivity index (χ3v) is 4.16. The first-order valence-electron chi connectivity index (χ1n) is 8.08. The molecule has 1 heterocycles. The van der Waals surface area contributed by atoms with Crippen LogP contribution in [-0.2, 0) is 11.2 Å². The molecule has 0 spiro atoms. The van der Waals surface area contributed by atoms with E-state index in [2.05, 4.69) is 65.7 Å². The molecule has 1 aromatic heterocycles. The van der Waals surface area contributed by atoms with Gasteiger partial charge in [-0.05, 0) is 17.9 Å². The summed E-state index contributed by atoms with van der Waals surface area (Å²) < 4.78 is 0. The van der Waals surface area contributed by atoms with Crippen molar-refractivity contribution in [3.05, 3.63) is 65.7 Å². The van der Waals surface area contributed by atoms with Gasteiger partial charge in [-0.2, -0.15) is 5.10 Å². The Labute approximate surface area is 147 Å². The van der Waals surface area contributed by atoms with E-state index in [0.717, 1.165) is 12.1 Å². The first kappa shape index (κ1) is 18.6. The summed E-state index contributed by atoms with van der Waals surface area (Å²) in [6, 6.07) is 19.1. The van der Waals surface area contributed by atoms with Crippen molar-refractivity contribution in [1.29, 1.82) is 0 Å². The van der Waals surface area contributed by atoms with Crippen LogP contribution in [0.4, 0.5) is 0 Å². The maximum Gasteiger partial charge on any atom is 0.106 e. The molecule has 130 valence electrons. The van der Waals surface area contributed by atoms with Gasteiger partial charge in [0.15, 0.2) is 0 Å². The second-order valence-corrected chi connectivity index (χ2v) is 5.71. The van der Waals surface area contributed by atoms with E-state index in [0.29, 0.717) is 5.92 Å². The highest BCUT2D eigenvalue weighted by molar-refractivity contribution is 5.78. The molecule has 2 aromatic carbocycles. The van der Waals surface area contributed by atoms with Crippen LogP contribution in [0.1, 0.15) is 24.0 Å². The molecule has 5 nitrogen and oxygen atoms in total. The monoisotopic (exact) mass is 337 g/mol. The number of fused-ring (bicyclic) bond motifs is 3. The second kappa shape index (κ2) is 8.92. The fourth-order valence-corrected chi connectivity index (χ4v) is 3.23. The molecular formula is C20H23N3O2. The minimum absolute atomic E-state index is 0.494. The van der Waals surface area contributed by atoms with E-state index in [1.54, 1.807) is 5.48 Å². The lowest BCUT2D eigenvalue weighted by Crippen LogP contribution is -2.08. The van der Waals surface area contributed by atoms with Crippen molar-refractivity contribution in [2.45, 2.75) is 19.3 Å². The Hall–Kier alpha value is -2.76. The number of H-pyrrole nitrogens is 1. The second-order valence-electron chi connectivity index (χ2n) is 5.71. The smallest absolute Gasteiger partial charge is 0.106 e. The number of carbonyl (C=O) groups excluding carboxylic acids is 1. The molecule has 1 atom stereocenters. The fourth-order valence-electron chi connectivity index (χ4n) is 3.23. The highest BCUT2D eigenvalue weighted by Gasteiger charge is 2.27. The summed E-state index contributed by atoms with van der Waals surface area (Å²) in [5, 5.41) is 15.2. The van der Waals surface area contributed by atoms with Crippen LogP contribution in [-0.4, -0.2) is 29.2 Å². The standard InChI is InChI=1S/C18H16N2.CH5NO.CH2O/c1-12-11-14-9-5-6-10-15(14)18-16(12)17(19-20-18)13-7-3-2-4-8-13;1-2-3;1-2/h2-10,12H,11H2,1H3,(H,19,20);2-3H,1H3;1H2. The number of nitrogens with one attached hydrogen (secondary N) is 2. The third kappa shape index (κ3) is 3.84. The van der Waals surface area contributed by atoms with Gasteiger partial charge in [0.1, 0.15) is 6.79 Å². The van der Waals surface area contributed by atoms with Crippen LogP contribution < -0.4 is 5.48 Å². The summed E-state index contributed by atoms with van der Waals surface area (Å²) in [6.07, 6.45) is 1.09. The summed E-state index contributed by atoms with van der Waals surface area (Å²) in [6.45, 7) is 4.29. The molecule has 1 aliphatic rings. The van der Waals surface area contributed by atoms with Gasteiger partial charge < -0.3 is 10.0 Å². The SMILES string of the molecule is C=O.CC1Cc2ccccc2-c2[nH]nc(-c3ccccc3)c21.CNO. The van der Waals surface area contributed by atoms with Crippen LogP contribution in [0.15, 0.2) is 54.6 Å². The minimum atomic E-state index is 0.494. The molecule has 3 aromatic rings. The molecule has 0 saturated heterocycles. The van der Waals surface area contributed by atoms with Gasteiger partial charge in [-0.15, -0.1) is 0 Å². The summed E-state index contributed by atoms with van der Waals surface area (Å²) in [5.41, 5.74) is 9.30. The summed E-state index contributed by atoms with van der Waals surface area (Å²) in [7, 11) is 1.43. The molecule has 4 rings (SSSR count). The van der Waals surface area contributed by atoms with E-state index >= 15 is 0 Å². The first-order chi connectivity index (χ1) is 12.3. The van der Waals surface area contributed by atoms with Crippen molar-refractivity contribution in [2.24, 2.45) is 0 Å². The summed E-state index contributed by atoms with van der Waals surface area (Å²) in [5.74, 6) is 0.494. The molecule has 5 heteroatoms.